The zero-order valence-corrected chi connectivity index (χ0v) is 24.3. The highest BCUT2D eigenvalue weighted by Gasteiger charge is 2.06. The van der Waals surface area contributed by atoms with Gasteiger partial charge in [0.1, 0.15) is 18.1 Å². The summed E-state index contributed by atoms with van der Waals surface area (Å²) in [5.74, 6) is 0.998. The third-order valence-electron chi connectivity index (χ3n) is 6.14. The molecule has 0 bridgehead atoms. The normalized spacial score (nSPS) is 11.0. The Morgan fingerprint density at radius 2 is 1.02 bits per heavy atom. The van der Waals surface area contributed by atoms with Crippen molar-refractivity contribution in [2.45, 2.75) is 6.92 Å². The largest absolute Gasteiger partial charge is 0.460 e. The van der Waals surface area contributed by atoms with Gasteiger partial charge in [0.2, 0.25) is 0 Å². The number of anilines is 2. The van der Waals surface area contributed by atoms with Crippen molar-refractivity contribution in [3.8, 4) is 11.5 Å². The number of hydrogen-bond acceptors (Lipinski definition) is 9. The predicted octanol–water partition coefficient (Wildman–Crippen LogP) is 8.93. The number of azo groups is 2. The van der Waals surface area contributed by atoms with Crippen LogP contribution in [0, 0.1) is 0 Å². The van der Waals surface area contributed by atoms with Gasteiger partial charge in [0, 0.05) is 38.1 Å². The number of esters is 1. The van der Waals surface area contributed by atoms with Crippen molar-refractivity contribution in [2.75, 3.05) is 44.1 Å². The van der Waals surface area contributed by atoms with Crippen molar-refractivity contribution in [3.05, 3.63) is 109 Å². The van der Waals surface area contributed by atoms with E-state index in [-0.39, 0.29) is 12.6 Å². The maximum atomic E-state index is 11.5. The van der Waals surface area contributed by atoms with E-state index in [1.165, 1.54) is 0 Å². The lowest BCUT2D eigenvalue weighted by Gasteiger charge is -2.19. The lowest BCUT2D eigenvalue weighted by molar-refractivity contribution is -0.138. The minimum Gasteiger partial charge on any atom is -0.460 e. The molecular formula is C33H34N6O3. The minimum absolute atomic E-state index is 0.285. The predicted molar refractivity (Wildman–Crippen MR) is 168 cm³/mol. The first kappa shape index (κ1) is 29.7. The molecule has 42 heavy (non-hydrogen) atoms. The van der Waals surface area contributed by atoms with Gasteiger partial charge < -0.3 is 19.3 Å². The van der Waals surface area contributed by atoms with Crippen LogP contribution in [0.2, 0.25) is 0 Å². The van der Waals surface area contributed by atoms with Crippen LogP contribution in [0.5, 0.6) is 11.5 Å². The van der Waals surface area contributed by atoms with E-state index in [4.69, 9.17) is 9.47 Å². The standard InChI is InChI=1S/C33H34N6O3/c1-24(2)33(40)41-23-22-39(5)30-16-8-26(9-17-30)35-37-28-12-20-32(21-13-28)42-31-18-10-27(11-19-31)36-34-25-6-14-29(15-7-25)38(3)4/h6-21H,1,22-23H2,2-5H3. The van der Waals surface area contributed by atoms with E-state index in [9.17, 15) is 4.79 Å². The summed E-state index contributed by atoms with van der Waals surface area (Å²) in [4.78, 5) is 15.5. The van der Waals surface area contributed by atoms with Crippen LogP contribution in [0.4, 0.5) is 34.1 Å². The van der Waals surface area contributed by atoms with E-state index in [0.717, 1.165) is 28.4 Å². The lowest BCUT2D eigenvalue weighted by atomic mass is 10.2. The van der Waals surface area contributed by atoms with Gasteiger partial charge in [-0.05, 0) is 104 Å². The SMILES string of the molecule is C=C(C)C(=O)OCCN(C)c1ccc(N=Nc2ccc(Oc3ccc(N=Nc4ccc(N(C)C)cc4)cc3)cc2)cc1. The molecule has 4 rings (SSSR count). The van der Waals surface area contributed by atoms with Crippen molar-refractivity contribution < 1.29 is 14.3 Å². The van der Waals surface area contributed by atoms with E-state index in [0.29, 0.717) is 29.3 Å². The van der Waals surface area contributed by atoms with Crippen molar-refractivity contribution in [1.82, 2.24) is 0 Å². The fourth-order valence-electron chi connectivity index (χ4n) is 3.65. The molecule has 0 spiro atoms. The highest BCUT2D eigenvalue weighted by atomic mass is 16.5. The lowest BCUT2D eigenvalue weighted by Crippen LogP contribution is -2.23. The Morgan fingerprint density at radius 1 is 0.643 bits per heavy atom. The van der Waals surface area contributed by atoms with Crippen molar-refractivity contribution in [1.29, 1.82) is 0 Å². The number of likely N-dealkylation sites (N-methyl/N-ethyl adjacent to an activating group) is 1. The molecule has 0 unspecified atom stereocenters. The van der Waals surface area contributed by atoms with Crippen LogP contribution in [0.3, 0.4) is 0 Å². The molecule has 0 aromatic heterocycles. The maximum absolute atomic E-state index is 11.5. The molecule has 0 fully saturated rings. The molecule has 0 aliphatic carbocycles. The molecule has 214 valence electrons. The van der Waals surface area contributed by atoms with Crippen LogP contribution in [0.15, 0.2) is 130 Å². The van der Waals surface area contributed by atoms with E-state index in [2.05, 4.69) is 27.0 Å². The number of carbonyl (C=O) groups is 1. The van der Waals surface area contributed by atoms with Crippen LogP contribution in [-0.4, -0.2) is 40.3 Å². The molecule has 4 aromatic carbocycles. The quantitative estimate of drug-likeness (QED) is 0.0976. The Hall–Kier alpha value is -5.31. The molecule has 0 saturated carbocycles. The van der Waals surface area contributed by atoms with Gasteiger partial charge in [-0.15, -0.1) is 0 Å². The molecule has 0 radical (unpaired) electrons. The van der Waals surface area contributed by atoms with E-state index in [1.54, 1.807) is 6.92 Å². The van der Waals surface area contributed by atoms with E-state index < -0.39 is 0 Å². The van der Waals surface area contributed by atoms with Crippen molar-refractivity contribution in [3.63, 3.8) is 0 Å². The molecule has 0 N–H and O–H groups in total. The third kappa shape index (κ3) is 8.85. The second kappa shape index (κ2) is 14.4. The molecule has 0 aliphatic rings. The summed E-state index contributed by atoms with van der Waals surface area (Å²) in [5.41, 5.74) is 5.44. The number of ether oxygens (including phenoxy) is 2. The Labute approximate surface area is 246 Å². The smallest absolute Gasteiger partial charge is 0.333 e. The summed E-state index contributed by atoms with van der Waals surface area (Å²) >= 11 is 0. The fourth-order valence-corrected chi connectivity index (χ4v) is 3.65. The van der Waals surface area contributed by atoms with Gasteiger partial charge in [0.15, 0.2) is 0 Å². The van der Waals surface area contributed by atoms with Crippen LogP contribution < -0.4 is 14.5 Å². The molecule has 4 aromatic rings. The Balaban J connectivity index is 1.26. The number of hydrogen-bond donors (Lipinski definition) is 0. The molecule has 0 atom stereocenters. The second-order valence-corrected chi connectivity index (χ2v) is 9.75. The molecule has 0 saturated heterocycles. The van der Waals surface area contributed by atoms with Crippen LogP contribution >= 0.6 is 0 Å². The van der Waals surface area contributed by atoms with Gasteiger partial charge in [-0.1, -0.05) is 6.58 Å². The molecule has 9 nitrogen and oxygen atoms in total. The van der Waals surface area contributed by atoms with E-state index >= 15 is 0 Å². The fraction of sp³-hybridized carbons (Fsp3) is 0.182. The van der Waals surface area contributed by atoms with Gasteiger partial charge in [-0.3, -0.25) is 0 Å². The summed E-state index contributed by atoms with van der Waals surface area (Å²) in [6.45, 7) is 6.06. The number of nitrogens with zero attached hydrogens (tertiary/aromatic N) is 6. The van der Waals surface area contributed by atoms with E-state index in [1.807, 2.05) is 128 Å². The Morgan fingerprint density at radius 3 is 1.40 bits per heavy atom. The highest BCUT2D eigenvalue weighted by molar-refractivity contribution is 5.86. The van der Waals surface area contributed by atoms with Gasteiger partial charge in [-0.2, -0.15) is 20.5 Å². The first-order chi connectivity index (χ1) is 20.3. The number of rotatable bonds is 12. The van der Waals surface area contributed by atoms with Gasteiger partial charge in [0.05, 0.1) is 29.3 Å². The summed E-state index contributed by atoms with van der Waals surface area (Å²) < 4.78 is 11.1. The highest BCUT2D eigenvalue weighted by Crippen LogP contribution is 2.28. The summed E-state index contributed by atoms with van der Waals surface area (Å²) in [6.07, 6.45) is 0. The first-order valence-corrected chi connectivity index (χ1v) is 13.4. The summed E-state index contributed by atoms with van der Waals surface area (Å²) in [5, 5.41) is 17.2. The second-order valence-electron chi connectivity index (χ2n) is 9.75. The molecule has 0 heterocycles. The van der Waals surface area contributed by atoms with Gasteiger partial charge in [0.25, 0.3) is 0 Å². The summed E-state index contributed by atoms with van der Waals surface area (Å²) in [7, 11) is 5.93. The van der Waals surface area contributed by atoms with Gasteiger partial charge >= 0.3 is 5.97 Å². The molecular weight excluding hydrogens is 528 g/mol. The summed E-state index contributed by atoms with van der Waals surface area (Å²) in [6, 6.07) is 30.4. The van der Waals surface area contributed by atoms with Crippen molar-refractivity contribution >= 4 is 40.1 Å². The number of carbonyl (C=O) groups excluding carboxylic acids is 1. The molecule has 0 aliphatic heterocycles. The first-order valence-electron chi connectivity index (χ1n) is 13.4. The zero-order chi connectivity index (χ0) is 29.9. The topological polar surface area (TPSA) is 91.4 Å². The van der Waals surface area contributed by atoms with Crippen molar-refractivity contribution in [2.24, 2.45) is 20.5 Å². The zero-order valence-electron chi connectivity index (χ0n) is 24.3. The van der Waals surface area contributed by atoms with Crippen LogP contribution in [-0.2, 0) is 9.53 Å². The minimum atomic E-state index is -0.380. The Bertz CT molecular complexity index is 1530. The molecule has 0 amide bonds. The Kier molecular flexibility index (Phi) is 10.1. The maximum Gasteiger partial charge on any atom is 0.333 e. The third-order valence-corrected chi connectivity index (χ3v) is 6.14. The van der Waals surface area contributed by atoms with Crippen LogP contribution in [0.25, 0.3) is 0 Å². The average molecular weight is 563 g/mol. The number of benzene rings is 4. The average Bonchev–Trinajstić information content (AvgIpc) is 3.00. The molecule has 9 heteroatoms. The van der Waals surface area contributed by atoms with Gasteiger partial charge in [-0.25, -0.2) is 4.79 Å². The monoisotopic (exact) mass is 562 g/mol. The van der Waals surface area contributed by atoms with Crippen LogP contribution in [0.1, 0.15) is 6.92 Å².